The number of rotatable bonds is 4. The van der Waals surface area contributed by atoms with Crippen molar-refractivity contribution in [2.24, 2.45) is 11.7 Å². The molecule has 0 aromatic carbocycles. The minimum Gasteiger partial charge on any atom is -0.365 e. The molecule has 0 bridgehead atoms. The Labute approximate surface area is 95.5 Å². The van der Waals surface area contributed by atoms with E-state index in [1.807, 2.05) is 13.0 Å². The van der Waals surface area contributed by atoms with E-state index in [1.165, 1.54) is 12.8 Å². The van der Waals surface area contributed by atoms with Crippen LogP contribution in [-0.4, -0.2) is 17.6 Å². The second-order valence-electron chi connectivity index (χ2n) is 4.29. The van der Waals surface area contributed by atoms with E-state index in [0.29, 0.717) is 23.8 Å². The summed E-state index contributed by atoms with van der Waals surface area (Å²) in [5.74, 6) is 1.32. The second kappa shape index (κ2) is 4.50. The Kier molecular flexibility index (Phi) is 3.07. The lowest BCUT2D eigenvalue weighted by atomic mass is 10.1. The fourth-order valence-corrected chi connectivity index (χ4v) is 1.85. The van der Waals surface area contributed by atoms with Crippen LogP contribution >= 0.6 is 0 Å². The monoisotopic (exact) mass is 216 g/mol. The molecule has 16 heavy (non-hydrogen) atoms. The van der Waals surface area contributed by atoms with Crippen molar-refractivity contribution < 1.29 is 0 Å². The van der Waals surface area contributed by atoms with Gasteiger partial charge in [0, 0.05) is 18.8 Å². The Balaban J connectivity index is 2.20. The maximum Gasteiger partial charge on any atom is 0.144 e. The fraction of sp³-hybridized carbons (Fsp3) is 0.500. The van der Waals surface area contributed by atoms with Crippen molar-refractivity contribution in [3.63, 3.8) is 0 Å². The van der Waals surface area contributed by atoms with Gasteiger partial charge in [-0.25, -0.2) is 4.98 Å². The molecule has 1 aromatic heterocycles. The van der Waals surface area contributed by atoms with Gasteiger partial charge in [0.1, 0.15) is 11.9 Å². The highest BCUT2D eigenvalue weighted by Gasteiger charge is 2.30. The number of aromatic nitrogens is 1. The van der Waals surface area contributed by atoms with Crippen LogP contribution in [0.2, 0.25) is 0 Å². The molecule has 4 heteroatoms. The minimum atomic E-state index is 0.251. The SMILES string of the molecule is Cc1ccnc(NC(CN)C2CC2)c1C#N. The van der Waals surface area contributed by atoms with E-state index in [0.717, 1.165) is 5.56 Å². The fourth-order valence-electron chi connectivity index (χ4n) is 1.85. The number of nitriles is 1. The third-order valence-corrected chi connectivity index (χ3v) is 3.04. The first-order chi connectivity index (χ1) is 7.76. The number of aryl methyl sites for hydroxylation is 1. The molecule has 1 fully saturated rings. The first-order valence-corrected chi connectivity index (χ1v) is 5.58. The molecule has 1 unspecified atom stereocenters. The van der Waals surface area contributed by atoms with Crippen LogP contribution in [0, 0.1) is 24.2 Å². The van der Waals surface area contributed by atoms with Crippen molar-refractivity contribution in [3.05, 3.63) is 23.4 Å². The van der Waals surface area contributed by atoms with Crippen molar-refractivity contribution in [2.75, 3.05) is 11.9 Å². The molecule has 3 N–H and O–H groups in total. The first kappa shape index (κ1) is 10.9. The van der Waals surface area contributed by atoms with Crippen LogP contribution in [0.3, 0.4) is 0 Å². The van der Waals surface area contributed by atoms with Crippen LogP contribution in [0.4, 0.5) is 5.82 Å². The van der Waals surface area contributed by atoms with Gasteiger partial charge in [-0.15, -0.1) is 0 Å². The number of nitrogens with zero attached hydrogens (tertiary/aromatic N) is 2. The lowest BCUT2D eigenvalue weighted by molar-refractivity contribution is 0.642. The molecule has 0 spiro atoms. The highest BCUT2D eigenvalue weighted by Crippen LogP contribution is 2.34. The van der Waals surface area contributed by atoms with E-state index >= 15 is 0 Å². The van der Waals surface area contributed by atoms with Crippen molar-refractivity contribution in [2.45, 2.75) is 25.8 Å². The highest BCUT2D eigenvalue weighted by molar-refractivity contribution is 5.56. The summed E-state index contributed by atoms with van der Waals surface area (Å²) in [6, 6.07) is 4.28. The van der Waals surface area contributed by atoms with Crippen LogP contribution in [0.1, 0.15) is 24.0 Å². The van der Waals surface area contributed by atoms with E-state index in [2.05, 4.69) is 16.4 Å². The average molecular weight is 216 g/mol. The van der Waals surface area contributed by atoms with Gasteiger partial charge in [-0.1, -0.05) is 0 Å². The van der Waals surface area contributed by atoms with Crippen LogP contribution < -0.4 is 11.1 Å². The van der Waals surface area contributed by atoms with Crippen LogP contribution in [0.5, 0.6) is 0 Å². The summed E-state index contributed by atoms with van der Waals surface area (Å²) in [6.45, 7) is 2.51. The molecule has 1 aliphatic rings. The summed E-state index contributed by atoms with van der Waals surface area (Å²) >= 11 is 0. The lowest BCUT2D eigenvalue weighted by Crippen LogP contribution is -2.31. The molecule has 0 saturated heterocycles. The Hall–Kier alpha value is -1.60. The summed E-state index contributed by atoms with van der Waals surface area (Å²) in [5, 5.41) is 12.4. The number of nitrogens with two attached hydrogens (primary N) is 1. The molecule has 1 saturated carbocycles. The van der Waals surface area contributed by atoms with Gasteiger partial charge >= 0.3 is 0 Å². The van der Waals surface area contributed by atoms with Gasteiger partial charge in [0.2, 0.25) is 0 Å². The molecule has 0 aliphatic heterocycles. The Morgan fingerprint density at radius 1 is 1.69 bits per heavy atom. The Bertz CT molecular complexity index is 418. The van der Waals surface area contributed by atoms with Gasteiger partial charge in [0.05, 0.1) is 5.56 Å². The number of anilines is 1. The molecule has 4 nitrogen and oxygen atoms in total. The largest absolute Gasteiger partial charge is 0.365 e. The Morgan fingerprint density at radius 2 is 2.44 bits per heavy atom. The van der Waals surface area contributed by atoms with Crippen molar-refractivity contribution >= 4 is 5.82 Å². The maximum absolute atomic E-state index is 9.08. The number of pyridine rings is 1. The van der Waals surface area contributed by atoms with E-state index in [4.69, 9.17) is 11.0 Å². The standard InChI is InChI=1S/C12H16N4/c1-8-4-5-15-12(10(8)6-13)16-11(7-14)9-2-3-9/h4-5,9,11H,2-3,7,14H2,1H3,(H,15,16). The Morgan fingerprint density at radius 3 is 3.00 bits per heavy atom. The zero-order chi connectivity index (χ0) is 11.5. The molecule has 2 rings (SSSR count). The lowest BCUT2D eigenvalue weighted by Gasteiger charge is -2.17. The third kappa shape index (κ3) is 2.15. The second-order valence-corrected chi connectivity index (χ2v) is 4.29. The molecule has 1 aromatic rings. The molecule has 1 aliphatic carbocycles. The van der Waals surface area contributed by atoms with Gasteiger partial charge in [-0.3, -0.25) is 0 Å². The molecule has 0 radical (unpaired) electrons. The van der Waals surface area contributed by atoms with E-state index < -0.39 is 0 Å². The number of nitrogens with one attached hydrogen (secondary N) is 1. The summed E-state index contributed by atoms with van der Waals surface area (Å²) in [7, 11) is 0. The average Bonchev–Trinajstić information content (AvgIpc) is 3.10. The van der Waals surface area contributed by atoms with Crippen molar-refractivity contribution in [1.82, 2.24) is 4.98 Å². The minimum absolute atomic E-state index is 0.251. The first-order valence-electron chi connectivity index (χ1n) is 5.58. The van der Waals surface area contributed by atoms with E-state index in [-0.39, 0.29) is 6.04 Å². The van der Waals surface area contributed by atoms with E-state index in [1.54, 1.807) is 6.20 Å². The van der Waals surface area contributed by atoms with Crippen LogP contribution in [0.15, 0.2) is 12.3 Å². The van der Waals surface area contributed by atoms with Gasteiger partial charge in [-0.2, -0.15) is 5.26 Å². The number of hydrogen-bond donors (Lipinski definition) is 2. The summed E-state index contributed by atoms with van der Waals surface area (Å²) in [5.41, 5.74) is 7.29. The predicted molar refractivity (Wildman–Crippen MR) is 62.9 cm³/mol. The molecule has 84 valence electrons. The molecule has 1 atom stereocenters. The predicted octanol–water partition coefficient (Wildman–Crippen LogP) is 1.41. The quantitative estimate of drug-likeness (QED) is 0.798. The smallest absolute Gasteiger partial charge is 0.144 e. The summed E-state index contributed by atoms with van der Waals surface area (Å²) < 4.78 is 0. The van der Waals surface area contributed by atoms with Gasteiger partial charge < -0.3 is 11.1 Å². The molecular formula is C12H16N4. The van der Waals surface area contributed by atoms with Gasteiger partial charge in [0.25, 0.3) is 0 Å². The summed E-state index contributed by atoms with van der Waals surface area (Å²) in [4.78, 5) is 4.22. The zero-order valence-electron chi connectivity index (χ0n) is 9.40. The topological polar surface area (TPSA) is 74.7 Å². The van der Waals surface area contributed by atoms with E-state index in [9.17, 15) is 0 Å². The van der Waals surface area contributed by atoms with Gasteiger partial charge in [-0.05, 0) is 37.3 Å². The normalized spacial score (nSPS) is 16.6. The maximum atomic E-state index is 9.08. The highest BCUT2D eigenvalue weighted by atomic mass is 15.0. The van der Waals surface area contributed by atoms with Crippen molar-refractivity contribution in [1.29, 1.82) is 5.26 Å². The molecular weight excluding hydrogens is 200 g/mol. The number of hydrogen-bond acceptors (Lipinski definition) is 4. The zero-order valence-corrected chi connectivity index (χ0v) is 9.40. The van der Waals surface area contributed by atoms with Gasteiger partial charge in [0.15, 0.2) is 0 Å². The van der Waals surface area contributed by atoms with Crippen molar-refractivity contribution in [3.8, 4) is 6.07 Å². The van der Waals surface area contributed by atoms with Crippen LogP contribution in [0.25, 0.3) is 0 Å². The van der Waals surface area contributed by atoms with Crippen LogP contribution in [-0.2, 0) is 0 Å². The molecule has 1 heterocycles. The summed E-state index contributed by atoms with van der Waals surface area (Å²) in [6.07, 6.45) is 4.17. The molecule has 0 amide bonds. The third-order valence-electron chi connectivity index (χ3n) is 3.04.